The Balaban J connectivity index is 1.63. The Morgan fingerprint density at radius 2 is 1.78 bits per heavy atom. The maximum Gasteiger partial charge on any atom is 0.213 e. The second-order valence-corrected chi connectivity index (χ2v) is 9.25. The molecule has 0 bridgehead atoms. The minimum Gasteiger partial charge on any atom is -0.455 e. The Bertz CT molecular complexity index is 1700. The van der Waals surface area contributed by atoms with Crippen molar-refractivity contribution in [1.82, 2.24) is 0 Å². The van der Waals surface area contributed by atoms with Gasteiger partial charge in [0.1, 0.15) is 18.2 Å². The Morgan fingerprint density at radius 1 is 0.938 bits per heavy atom. The number of nitrogens with zero attached hydrogens (tertiary/aromatic N) is 1. The van der Waals surface area contributed by atoms with Crippen molar-refractivity contribution in [1.29, 1.82) is 0 Å². The summed E-state index contributed by atoms with van der Waals surface area (Å²) in [5.41, 5.74) is 6.28. The number of rotatable bonds is 2. The molecule has 0 saturated carbocycles. The molecule has 158 valence electrons. The van der Waals surface area contributed by atoms with Gasteiger partial charge in [-0.3, -0.25) is 0 Å². The highest BCUT2D eigenvalue weighted by atomic mass is 16.3. The van der Waals surface area contributed by atoms with E-state index in [0.29, 0.717) is 11.1 Å². The van der Waals surface area contributed by atoms with Gasteiger partial charge in [-0.15, -0.1) is 0 Å². The van der Waals surface area contributed by atoms with Crippen molar-refractivity contribution in [2.75, 3.05) is 0 Å². The van der Waals surface area contributed by atoms with Gasteiger partial charge in [0.2, 0.25) is 5.69 Å². The maximum absolute atomic E-state index is 8.80. The highest BCUT2D eigenvalue weighted by molar-refractivity contribution is 6.15. The van der Waals surface area contributed by atoms with Gasteiger partial charge in [-0.2, -0.15) is 0 Å². The molecule has 0 atom stereocenters. The normalized spacial score (nSPS) is 19.9. The van der Waals surface area contributed by atoms with E-state index in [0.717, 1.165) is 49.9 Å². The molecule has 1 aliphatic carbocycles. The number of furan rings is 1. The SMILES string of the molecule is [2H]C1([2H])c2ccc(-c3cccc4c3oc3ccc(C)c(-c5cccc[n+]5C)c34)cc2C([2H])([2H])C1(C)C. The van der Waals surface area contributed by atoms with E-state index in [1.54, 1.807) is 19.9 Å². The lowest BCUT2D eigenvalue weighted by atomic mass is 9.90. The van der Waals surface area contributed by atoms with Crippen LogP contribution in [-0.2, 0) is 19.8 Å². The largest absolute Gasteiger partial charge is 0.455 e. The lowest BCUT2D eigenvalue weighted by Crippen LogP contribution is -2.30. The quantitative estimate of drug-likeness (QED) is 0.275. The van der Waals surface area contributed by atoms with E-state index in [2.05, 4.69) is 29.7 Å². The molecule has 3 aromatic carbocycles. The van der Waals surface area contributed by atoms with Gasteiger partial charge in [0.05, 0.1) is 5.56 Å². The van der Waals surface area contributed by atoms with Crippen LogP contribution in [0.25, 0.3) is 44.3 Å². The number of fused-ring (bicyclic) bond motifs is 4. The van der Waals surface area contributed by atoms with Crippen LogP contribution in [-0.4, -0.2) is 0 Å². The topological polar surface area (TPSA) is 17.0 Å². The molecule has 6 rings (SSSR count). The van der Waals surface area contributed by atoms with Gasteiger partial charge in [0.25, 0.3) is 0 Å². The molecule has 0 radical (unpaired) electrons. The van der Waals surface area contributed by atoms with E-state index in [1.807, 2.05) is 55.7 Å². The third-order valence-corrected chi connectivity index (χ3v) is 6.41. The summed E-state index contributed by atoms with van der Waals surface area (Å²) in [6, 6.07) is 21.8. The van der Waals surface area contributed by atoms with Crippen molar-refractivity contribution >= 4 is 21.9 Å². The second kappa shape index (κ2) is 6.80. The average molecular weight is 423 g/mol. The lowest BCUT2D eigenvalue weighted by molar-refractivity contribution is -0.660. The van der Waals surface area contributed by atoms with Crippen LogP contribution in [0.5, 0.6) is 0 Å². The van der Waals surface area contributed by atoms with Gasteiger partial charge in [-0.05, 0) is 59.5 Å². The number of aryl methyl sites for hydroxylation is 2. The smallest absolute Gasteiger partial charge is 0.213 e. The van der Waals surface area contributed by atoms with Crippen LogP contribution in [0.1, 0.15) is 36.0 Å². The van der Waals surface area contributed by atoms with Crippen molar-refractivity contribution in [3.63, 3.8) is 0 Å². The summed E-state index contributed by atoms with van der Waals surface area (Å²) in [6.45, 7) is 5.45. The van der Waals surface area contributed by atoms with E-state index < -0.39 is 18.2 Å². The van der Waals surface area contributed by atoms with Gasteiger partial charge >= 0.3 is 0 Å². The summed E-state index contributed by atoms with van der Waals surface area (Å²) in [5, 5.41) is 2.06. The molecule has 2 heteroatoms. The standard InChI is InChI=1S/C30H28NO/c1-19-11-14-26-28(27(19)25-10-5-6-15-31(25)4)24-9-7-8-23(29(24)32-26)20-12-13-21-17-30(2,3)18-22(21)16-20/h5-16H,17-18H2,1-4H3/q+1/i17D2,18D2. The van der Waals surface area contributed by atoms with Gasteiger partial charge < -0.3 is 4.42 Å². The summed E-state index contributed by atoms with van der Waals surface area (Å²) in [6.07, 6.45) is -1.54. The number of para-hydroxylation sites is 1. The van der Waals surface area contributed by atoms with Gasteiger partial charge in [-0.25, -0.2) is 4.57 Å². The maximum atomic E-state index is 8.80. The Hall–Kier alpha value is -3.39. The monoisotopic (exact) mass is 422 g/mol. The molecule has 0 amide bonds. The predicted octanol–water partition coefficient (Wildman–Crippen LogP) is 7.18. The van der Waals surface area contributed by atoms with Gasteiger partial charge in [0.15, 0.2) is 6.20 Å². The molecule has 0 aliphatic heterocycles. The minimum atomic E-state index is -1.81. The van der Waals surface area contributed by atoms with E-state index in [9.17, 15) is 0 Å². The molecule has 0 unspecified atom stereocenters. The molecule has 0 N–H and O–H groups in total. The highest BCUT2D eigenvalue weighted by Gasteiger charge is 2.28. The van der Waals surface area contributed by atoms with Gasteiger partial charge in [-0.1, -0.05) is 56.3 Å². The van der Waals surface area contributed by atoms with E-state index >= 15 is 0 Å². The minimum absolute atomic E-state index is 0.413. The van der Waals surface area contributed by atoms with E-state index in [4.69, 9.17) is 9.90 Å². The first-order valence-corrected chi connectivity index (χ1v) is 11.0. The Labute approximate surface area is 194 Å². The van der Waals surface area contributed by atoms with Crippen LogP contribution in [0.15, 0.2) is 77.3 Å². The van der Waals surface area contributed by atoms with E-state index in [-0.39, 0.29) is 0 Å². The van der Waals surface area contributed by atoms with Crippen molar-refractivity contribution in [2.24, 2.45) is 12.5 Å². The van der Waals surface area contributed by atoms with Crippen LogP contribution >= 0.6 is 0 Å². The molecule has 2 heterocycles. The molecule has 1 aliphatic rings. The molecular formula is C30H28NO+. The van der Waals surface area contributed by atoms with Gasteiger partial charge in [0, 0.05) is 34.0 Å². The number of benzene rings is 3. The fourth-order valence-corrected chi connectivity index (χ4v) is 4.96. The molecule has 5 aromatic rings. The fraction of sp³-hybridized carbons (Fsp3) is 0.233. The third-order valence-electron chi connectivity index (χ3n) is 6.41. The van der Waals surface area contributed by atoms with Crippen LogP contribution < -0.4 is 4.57 Å². The summed E-state index contributed by atoms with van der Waals surface area (Å²) >= 11 is 0. The lowest BCUT2D eigenvalue weighted by Gasteiger charge is -2.14. The number of hydrogen-bond donors (Lipinski definition) is 0. The third kappa shape index (κ3) is 2.90. The van der Waals surface area contributed by atoms with Crippen LogP contribution in [0.3, 0.4) is 0 Å². The van der Waals surface area contributed by atoms with Crippen molar-refractivity contribution < 1.29 is 14.5 Å². The van der Waals surface area contributed by atoms with Crippen molar-refractivity contribution in [3.05, 3.63) is 89.6 Å². The zero-order chi connectivity index (χ0) is 25.6. The van der Waals surface area contributed by atoms with Crippen LogP contribution in [0.4, 0.5) is 0 Å². The fourth-order valence-electron chi connectivity index (χ4n) is 4.96. The summed E-state index contributed by atoms with van der Waals surface area (Å²) in [4.78, 5) is 0. The average Bonchev–Trinajstić information content (AvgIpc) is 3.26. The highest BCUT2D eigenvalue weighted by Crippen LogP contribution is 2.43. The number of pyridine rings is 1. The Morgan fingerprint density at radius 3 is 2.62 bits per heavy atom. The van der Waals surface area contributed by atoms with Crippen LogP contribution in [0.2, 0.25) is 0 Å². The Kier molecular flexibility index (Phi) is 3.28. The molecular weight excluding hydrogens is 390 g/mol. The second-order valence-electron chi connectivity index (χ2n) is 9.25. The number of hydrogen-bond acceptors (Lipinski definition) is 1. The molecule has 2 aromatic heterocycles. The molecule has 32 heavy (non-hydrogen) atoms. The van der Waals surface area contributed by atoms with Crippen molar-refractivity contribution in [3.8, 4) is 22.4 Å². The van der Waals surface area contributed by atoms with E-state index in [1.165, 1.54) is 0 Å². The first kappa shape index (κ1) is 15.4. The first-order valence-electron chi connectivity index (χ1n) is 13.0. The molecule has 0 spiro atoms. The predicted molar refractivity (Wildman–Crippen MR) is 132 cm³/mol. The zero-order valence-corrected chi connectivity index (χ0v) is 18.8. The van der Waals surface area contributed by atoms with Crippen molar-refractivity contribution in [2.45, 2.75) is 33.5 Å². The summed E-state index contributed by atoms with van der Waals surface area (Å²) in [5.74, 6) is 0. The molecule has 0 saturated heterocycles. The summed E-state index contributed by atoms with van der Waals surface area (Å²) in [7, 11) is 2.04. The summed E-state index contributed by atoms with van der Waals surface area (Å²) < 4.78 is 43.5. The first-order chi connectivity index (χ1) is 17.0. The molecule has 2 nitrogen and oxygen atoms in total. The molecule has 0 fully saturated rings. The number of aromatic nitrogens is 1. The zero-order valence-electron chi connectivity index (χ0n) is 22.8. The van der Waals surface area contributed by atoms with Crippen LogP contribution in [0, 0.1) is 12.3 Å².